The number of nitrogens with one attached hydrogen (secondary N) is 2. The lowest BCUT2D eigenvalue weighted by Gasteiger charge is -2.39. The van der Waals surface area contributed by atoms with Crippen molar-refractivity contribution in [2.24, 2.45) is 5.92 Å². The summed E-state index contributed by atoms with van der Waals surface area (Å²) in [6.07, 6.45) is 6.92. The van der Waals surface area contributed by atoms with Crippen molar-refractivity contribution in [1.82, 2.24) is 15.5 Å². The molecule has 45 heavy (non-hydrogen) atoms. The fraction of sp³-hybridized carbons (Fsp3) is 0.395. The SMILES string of the molecule is C#Cc1ccccc1C(C(=O)NCc1ccccc1)N(C(=O)C(Cc1ccccc1)NC(=O)OC(C)(C)C)C(C)CCC(C)C. The Bertz CT molecular complexity index is 1440. The highest BCUT2D eigenvalue weighted by atomic mass is 16.6. The van der Waals surface area contributed by atoms with Crippen LogP contribution in [-0.2, 0) is 27.3 Å². The molecule has 0 fully saturated rings. The molecule has 0 bridgehead atoms. The van der Waals surface area contributed by atoms with Gasteiger partial charge in [0.05, 0.1) is 0 Å². The Morgan fingerprint density at radius 3 is 2.00 bits per heavy atom. The average Bonchev–Trinajstić information content (AvgIpc) is 3.00. The Hall–Kier alpha value is -4.57. The van der Waals surface area contributed by atoms with Crippen molar-refractivity contribution in [3.8, 4) is 12.3 Å². The van der Waals surface area contributed by atoms with Gasteiger partial charge in [0.15, 0.2) is 0 Å². The third-order valence-electron chi connectivity index (χ3n) is 7.41. The number of nitrogens with zero attached hydrogens (tertiary/aromatic N) is 1. The number of carbonyl (C=O) groups excluding carboxylic acids is 3. The molecule has 7 heteroatoms. The van der Waals surface area contributed by atoms with Gasteiger partial charge in [-0.3, -0.25) is 9.59 Å². The maximum Gasteiger partial charge on any atom is 0.408 e. The van der Waals surface area contributed by atoms with E-state index in [2.05, 4.69) is 30.4 Å². The molecule has 0 radical (unpaired) electrons. The number of hydrogen-bond donors (Lipinski definition) is 2. The molecule has 0 saturated heterocycles. The zero-order chi connectivity index (χ0) is 33.0. The molecule has 238 valence electrons. The smallest absolute Gasteiger partial charge is 0.408 e. The first-order valence-corrected chi connectivity index (χ1v) is 15.6. The van der Waals surface area contributed by atoms with Crippen LogP contribution in [0.15, 0.2) is 84.9 Å². The van der Waals surface area contributed by atoms with Crippen LogP contribution < -0.4 is 10.6 Å². The maximum absolute atomic E-state index is 14.9. The highest BCUT2D eigenvalue weighted by molar-refractivity contribution is 5.93. The lowest BCUT2D eigenvalue weighted by atomic mass is 9.93. The molecule has 0 saturated carbocycles. The van der Waals surface area contributed by atoms with Crippen molar-refractivity contribution in [2.75, 3.05) is 0 Å². The van der Waals surface area contributed by atoms with Crippen molar-refractivity contribution in [3.05, 3.63) is 107 Å². The van der Waals surface area contributed by atoms with Crippen molar-refractivity contribution in [2.45, 2.75) is 91.1 Å². The van der Waals surface area contributed by atoms with Gasteiger partial charge >= 0.3 is 6.09 Å². The molecule has 0 aliphatic carbocycles. The normalized spacial score (nSPS) is 13.2. The number of benzene rings is 3. The molecule has 3 amide bonds. The summed E-state index contributed by atoms with van der Waals surface area (Å²) in [5, 5.41) is 5.88. The van der Waals surface area contributed by atoms with E-state index in [9.17, 15) is 14.4 Å². The average molecular weight is 610 g/mol. The van der Waals surface area contributed by atoms with Crippen LogP contribution in [0.25, 0.3) is 0 Å². The van der Waals surface area contributed by atoms with Crippen LogP contribution in [-0.4, -0.2) is 40.5 Å². The van der Waals surface area contributed by atoms with E-state index in [1.807, 2.05) is 79.7 Å². The topological polar surface area (TPSA) is 87.7 Å². The first-order chi connectivity index (χ1) is 21.4. The molecule has 3 unspecified atom stereocenters. The second-order valence-electron chi connectivity index (χ2n) is 12.8. The highest BCUT2D eigenvalue weighted by Gasteiger charge is 2.39. The van der Waals surface area contributed by atoms with E-state index in [1.54, 1.807) is 37.8 Å². The fourth-order valence-electron chi connectivity index (χ4n) is 5.16. The highest BCUT2D eigenvalue weighted by Crippen LogP contribution is 2.30. The van der Waals surface area contributed by atoms with Gasteiger partial charge in [-0.2, -0.15) is 0 Å². The van der Waals surface area contributed by atoms with Crippen LogP contribution in [0.3, 0.4) is 0 Å². The van der Waals surface area contributed by atoms with Gasteiger partial charge in [0, 0.05) is 24.6 Å². The molecule has 0 spiro atoms. The Balaban J connectivity index is 2.12. The van der Waals surface area contributed by atoms with Gasteiger partial charge in [-0.05, 0) is 69.2 Å². The van der Waals surface area contributed by atoms with E-state index in [0.717, 1.165) is 17.5 Å². The van der Waals surface area contributed by atoms with Gasteiger partial charge in [0.25, 0.3) is 0 Å². The van der Waals surface area contributed by atoms with E-state index in [1.165, 1.54) is 0 Å². The number of amides is 3. The van der Waals surface area contributed by atoms with Gasteiger partial charge in [-0.1, -0.05) is 98.6 Å². The molecule has 3 atom stereocenters. The molecule has 3 aromatic carbocycles. The summed E-state index contributed by atoms with van der Waals surface area (Å²) in [6.45, 7) is 11.8. The molecule has 0 heterocycles. The predicted octanol–water partition coefficient (Wildman–Crippen LogP) is 6.81. The zero-order valence-electron chi connectivity index (χ0n) is 27.4. The number of terminal acetylenes is 1. The monoisotopic (exact) mass is 609 g/mol. The lowest BCUT2D eigenvalue weighted by Crippen LogP contribution is -2.56. The minimum atomic E-state index is -1.05. The summed E-state index contributed by atoms with van der Waals surface area (Å²) in [6, 6.07) is 23.8. The van der Waals surface area contributed by atoms with E-state index in [0.29, 0.717) is 23.5 Å². The standard InChI is InChI=1S/C38H47N3O4/c1-8-31-21-15-16-22-32(31)34(35(42)39-26-30-19-13-10-14-20-30)41(28(4)24-23-27(2)3)36(43)33(25-29-17-11-9-12-18-29)40-37(44)45-38(5,6)7/h1,9-22,27-28,33-34H,23-26H2,2-7H3,(H,39,42)(H,40,44). The molecule has 2 N–H and O–H groups in total. The van der Waals surface area contributed by atoms with Gasteiger partial charge in [-0.25, -0.2) is 4.79 Å². The van der Waals surface area contributed by atoms with E-state index >= 15 is 0 Å². The third-order valence-corrected chi connectivity index (χ3v) is 7.41. The van der Waals surface area contributed by atoms with E-state index in [-0.39, 0.29) is 24.9 Å². The van der Waals surface area contributed by atoms with Crippen molar-refractivity contribution in [3.63, 3.8) is 0 Å². The van der Waals surface area contributed by atoms with Gasteiger partial charge in [0.1, 0.15) is 17.7 Å². The second-order valence-corrected chi connectivity index (χ2v) is 12.8. The van der Waals surface area contributed by atoms with Crippen LogP contribution in [0, 0.1) is 18.3 Å². The predicted molar refractivity (Wildman–Crippen MR) is 179 cm³/mol. The number of hydrogen-bond acceptors (Lipinski definition) is 4. The number of carbonyl (C=O) groups is 3. The maximum atomic E-state index is 14.9. The molecule has 7 nitrogen and oxygen atoms in total. The molecule has 3 rings (SSSR count). The van der Waals surface area contributed by atoms with E-state index in [4.69, 9.17) is 11.2 Å². The van der Waals surface area contributed by atoms with Gasteiger partial charge in [0.2, 0.25) is 11.8 Å². The second kappa shape index (κ2) is 16.5. The van der Waals surface area contributed by atoms with Crippen molar-refractivity contribution < 1.29 is 19.1 Å². The van der Waals surface area contributed by atoms with Crippen LogP contribution in [0.5, 0.6) is 0 Å². The molecule has 0 aromatic heterocycles. The Labute approximate surface area is 268 Å². The first kappa shape index (κ1) is 34.9. The van der Waals surface area contributed by atoms with Crippen molar-refractivity contribution >= 4 is 17.9 Å². The zero-order valence-corrected chi connectivity index (χ0v) is 27.4. The quantitative estimate of drug-likeness (QED) is 0.208. The first-order valence-electron chi connectivity index (χ1n) is 15.6. The summed E-state index contributed by atoms with van der Waals surface area (Å²) >= 11 is 0. The van der Waals surface area contributed by atoms with E-state index < -0.39 is 29.7 Å². The third kappa shape index (κ3) is 10.8. The number of alkyl carbamates (subject to hydrolysis) is 1. The summed E-state index contributed by atoms with van der Waals surface area (Å²) in [5.74, 6) is 2.33. The molecular weight excluding hydrogens is 562 g/mol. The Kier molecular flexibility index (Phi) is 12.8. The van der Waals surface area contributed by atoms with Crippen LogP contribution in [0.1, 0.15) is 82.7 Å². The van der Waals surface area contributed by atoms with Crippen LogP contribution >= 0.6 is 0 Å². The molecule has 0 aliphatic heterocycles. The Morgan fingerprint density at radius 1 is 0.844 bits per heavy atom. The lowest BCUT2D eigenvalue weighted by molar-refractivity contribution is -0.145. The van der Waals surface area contributed by atoms with Gasteiger partial charge < -0.3 is 20.3 Å². The molecule has 0 aliphatic rings. The minimum absolute atomic E-state index is 0.210. The summed E-state index contributed by atoms with van der Waals surface area (Å²) in [7, 11) is 0. The molecule has 3 aromatic rings. The summed E-state index contributed by atoms with van der Waals surface area (Å²) in [4.78, 5) is 43.8. The number of ether oxygens (including phenoxy) is 1. The Morgan fingerprint density at radius 2 is 1.42 bits per heavy atom. The van der Waals surface area contributed by atoms with Crippen molar-refractivity contribution in [1.29, 1.82) is 0 Å². The summed E-state index contributed by atoms with van der Waals surface area (Å²) in [5.41, 5.74) is 2.09. The van der Waals surface area contributed by atoms with Crippen LogP contribution in [0.4, 0.5) is 4.79 Å². The largest absolute Gasteiger partial charge is 0.444 e. The van der Waals surface area contributed by atoms with Gasteiger partial charge in [-0.15, -0.1) is 6.42 Å². The fourth-order valence-corrected chi connectivity index (χ4v) is 5.16. The summed E-state index contributed by atoms with van der Waals surface area (Å²) < 4.78 is 5.57. The number of rotatable bonds is 13. The minimum Gasteiger partial charge on any atom is -0.444 e. The molecular formula is C38H47N3O4. The van der Waals surface area contributed by atoms with Crippen LogP contribution in [0.2, 0.25) is 0 Å².